The molecular weight excluding hydrogens is 516 g/mol. The normalized spacial score (nSPS) is 19.3. The van der Waals surface area contributed by atoms with Crippen molar-refractivity contribution in [3.05, 3.63) is 16.1 Å². The number of carboxylic acids is 1. The Balaban J connectivity index is 2.32. The smallest absolute Gasteiger partial charge is 0.355 e. The van der Waals surface area contributed by atoms with E-state index >= 15 is 0 Å². The number of aliphatic hydroxyl groups is 1. The van der Waals surface area contributed by atoms with Crippen LogP contribution in [-0.2, 0) is 9.59 Å². The molecule has 2 amide bonds. The lowest BCUT2D eigenvalue weighted by atomic mass is 9.91. The Morgan fingerprint density at radius 1 is 1.18 bits per heavy atom. The molecule has 2 heterocycles. The summed E-state index contributed by atoms with van der Waals surface area (Å²) in [6, 6.07) is -1.18. The SMILES string of the molecule is CCCCCCN(C(=O)C(NC(=O)[C@H]1CCCCN1C)C(C)CC)C(CC(O)c1nc(C(=O)O)cs1)C(C)C. The lowest BCUT2D eigenvalue weighted by Gasteiger charge is -2.40. The number of unbranched alkanes of at least 4 members (excludes halogenated alkanes) is 3. The highest BCUT2D eigenvalue weighted by Crippen LogP contribution is 2.29. The van der Waals surface area contributed by atoms with Gasteiger partial charge < -0.3 is 20.4 Å². The van der Waals surface area contributed by atoms with E-state index in [1.807, 2.05) is 39.6 Å². The summed E-state index contributed by atoms with van der Waals surface area (Å²) in [7, 11) is 1.97. The van der Waals surface area contributed by atoms with Gasteiger partial charge in [0.15, 0.2) is 5.69 Å². The standard InChI is InChI=1S/C29H50N4O5S/c1-7-9-10-12-16-33(23(19(3)4)17-24(34)27-30-21(18-39-27)29(37)38)28(36)25(20(5)8-2)31-26(35)22-14-11-13-15-32(22)6/h18-20,22-25,34H,7-17H2,1-6H3,(H,31,35)(H,37,38)/t20?,22-,23?,24?,25?/m1/s1. The van der Waals surface area contributed by atoms with Gasteiger partial charge in [0, 0.05) is 24.4 Å². The summed E-state index contributed by atoms with van der Waals surface area (Å²) in [5.41, 5.74) is -0.0881. The number of piperidine rings is 1. The number of aliphatic hydroxyl groups excluding tert-OH is 1. The van der Waals surface area contributed by atoms with Crippen LogP contribution in [-0.4, -0.2) is 81.0 Å². The maximum absolute atomic E-state index is 14.3. The third-order valence-corrected chi connectivity index (χ3v) is 8.99. The number of nitrogens with one attached hydrogen (secondary N) is 1. The van der Waals surface area contributed by atoms with Crippen molar-refractivity contribution in [3.63, 3.8) is 0 Å². The first-order chi connectivity index (χ1) is 18.5. The van der Waals surface area contributed by atoms with Gasteiger partial charge in [0.2, 0.25) is 11.8 Å². The maximum atomic E-state index is 14.3. The number of hydrogen-bond donors (Lipinski definition) is 3. The summed E-state index contributed by atoms with van der Waals surface area (Å²) < 4.78 is 0. The van der Waals surface area contributed by atoms with Gasteiger partial charge >= 0.3 is 5.97 Å². The molecule has 1 aromatic heterocycles. The molecule has 0 radical (unpaired) electrons. The molecule has 5 atom stereocenters. The van der Waals surface area contributed by atoms with E-state index in [2.05, 4.69) is 22.1 Å². The Morgan fingerprint density at radius 2 is 1.90 bits per heavy atom. The van der Waals surface area contributed by atoms with E-state index in [9.17, 15) is 24.6 Å². The van der Waals surface area contributed by atoms with Gasteiger partial charge in [-0.05, 0) is 44.7 Å². The van der Waals surface area contributed by atoms with Crippen LogP contribution in [0.5, 0.6) is 0 Å². The number of likely N-dealkylation sites (N-methyl/N-ethyl adjacent to an activating group) is 1. The summed E-state index contributed by atoms with van der Waals surface area (Å²) >= 11 is 1.12. The second-order valence-electron chi connectivity index (χ2n) is 11.4. The first-order valence-electron chi connectivity index (χ1n) is 14.7. The van der Waals surface area contributed by atoms with Crippen LogP contribution in [0.4, 0.5) is 0 Å². The largest absolute Gasteiger partial charge is 0.476 e. The fraction of sp³-hybridized carbons (Fsp3) is 0.793. The molecule has 1 fully saturated rings. The molecular formula is C29H50N4O5S. The molecule has 0 aromatic carbocycles. The van der Waals surface area contributed by atoms with Gasteiger partial charge in [-0.2, -0.15) is 0 Å². The third kappa shape index (κ3) is 9.53. The van der Waals surface area contributed by atoms with E-state index in [0.717, 1.165) is 69.2 Å². The van der Waals surface area contributed by atoms with Gasteiger partial charge in [0.25, 0.3) is 0 Å². The molecule has 0 spiro atoms. The number of nitrogens with zero attached hydrogens (tertiary/aromatic N) is 3. The Bertz CT molecular complexity index is 923. The Morgan fingerprint density at radius 3 is 2.46 bits per heavy atom. The number of carbonyl (C=O) groups excluding carboxylic acids is 2. The van der Waals surface area contributed by atoms with E-state index in [1.165, 1.54) is 5.38 Å². The number of aromatic carboxylic acids is 1. The average molecular weight is 567 g/mol. The first-order valence-corrected chi connectivity index (χ1v) is 15.6. The molecule has 0 saturated carbocycles. The van der Waals surface area contributed by atoms with E-state index in [1.54, 1.807) is 0 Å². The van der Waals surface area contributed by atoms with Crippen LogP contribution in [0, 0.1) is 11.8 Å². The number of likely N-dealkylation sites (tertiary alicyclic amines) is 1. The lowest BCUT2D eigenvalue weighted by molar-refractivity contribution is -0.142. The van der Waals surface area contributed by atoms with Gasteiger partial charge in [-0.1, -0.05) is 66.7 Å². The maximum Gasteiger partial charge on any atom is 0.355 e. The predicted octanol–water partition coefficient (Wildman–Crippen LogP) is 4.71. The number of rotatable bonds is 16. The van der Waals surface area contributed by atoms with Gasteiger partial charge in [-0.3, -0.25) is 14.5 Å². The van der Waals surface area contributed by atoms with Crippen molar-refractivity contribution in [1.82, 2.24) is 20.1 Å². The van der Waals surface area contributed by atoms with Crippen LogP contribution >= 0.6 is 11.3 Å². The molecule has 1 aromatic rings. The number of carboxylic acid groups (broad SMARTS) is 1. The fourth-order valence-electron chi connectivity index (χ4n) is 5.29. The van der Waals surface area contributed by atoms with E-state index in [-0.39, 0.29) is 47.8 Å². The summed E-state index contributed by atoms with van der Waals surface area (Å²) in [6.07, 6.45) is 6.85. The van der Waals surface area contributed by atoms with Crippen molar-refractivity contribution < 1.29 is 24.6 Å². The number of amides is 2. The Labute approximate surface area is 238 Å². The van der Waals surface area contributed by atoms with Crippen LogP contribution in [0.2, 0.25) is 0 Å². The van der Waals surface area contributed by atoms with Crippen molar-refractivity contribution in [1.29, 1.82) is 0 Å². The molecule has 0 aliphatic carbocycles. The summed E-state index contributed by atoms with van der Waals surface area (Å²) in [5.74, 6) is -1.35. The summed E-state index contributed by atoms with van der Waals surface area (Å²) in [5, 5.41) is 25.2. The number of carbonyl (C=O) groups is 3. The molecule has 3 N–H and O–H groups in total. The molecule has 0 bridgehead atoms. The van der Waals surface area contributed by atoms with Crippen molar-refractivity contribution in [3.8, 4) is 0 Å². The predicted molar refractivity (Wildman–Crippen MR) is 155 cm³/mol. The highest BCUT2D eigenvalue weighted by atomic mass is 32.1. The van der Waals surface area contributed by atoms with E-state index in [4.69, 9.17) is 0 Å². The topological polar surface area (TPSA) is 123 Å². The zero-order valence-corrected chi connectivity index (χ0v) is 25.5. The highest BCUT2D eigenvalue weighted by Gasteiger charge is 2.37. The minimum absolute atomic E-state index is 0.0337. The number of hydrogen-bond acceptors (Lipinski definition) is 7. The number of aromatic nitrogens is 1. The van der Waals surface area contributed by atoms with E-state index in [0.29, 0.717) is 11.6 Å². The van der Waals surface area contributed by atoms with Crippen LogP contribution in [0.3, 0.4) is 0 Å². The minimum Gasteiger partial charge on any atom is -0.476 e. The molecule has 9 nitrogen and oxygen atoms in total. The van der Waals surface area contributed by atoms with Crippen LogP contribution < -0.4 is 5.32 Å². The zero-order valence-electron chi connectivity index (χ0n) is 24.7. The molecule has 2 rings (SSSR count). The van der Waals surface area contributed by atoms with Crippen molar-refractivity contribution in [2.75, 3.05) is 20.1 Å². The highest BCUT2D eigenvalue weighted by molar-refractivity contribution is 7.09. The monoisotopic (exact) mass is 566 g/mol. The van der Waals surface area contributed by atoms with Crippen LogP contribution in [0.15, 0.2) is 5.38 Å². The third-order valence-electron chi connectivity index (χ3n) is 8.05. The second kappa shape index (κ2) is 16.3. The summed E-state index contributed by atoms with van der Waals surface area (Å²) in [6.45, 7) is 11.7. The van der Waals surface area contributed by atoms with Crippen molar-refractivity contribution in [2.45, 2.75) is 117 Å². The minimum atomic E-state index is -1.13. The molecule has 10 heteroatoms. The second-order valence-corrected chi connectivity index (χ2v) is 12.3. The van der Waals surface area contributed by atoms with Crippen molar-refractivity contribution >= 4 is 29.1 Å². The van der Waals surface area contributed by atoms with Gasteiger partial charge in [0.1, 0.15) is 17.2 Å². The fourth-order valence-corrected chi connectivity index (χ4v) is 6.08. The Hall–Kier alpha value is -2.04. The molecule has 1 saturated heterocycles. The van der Waals surface area contributed by atoms with E-state index < -0.39 is 18.1 Å². The molecule has 4 unspecified atom stereocenters. The Kier molecular flexibility index (Phi) is 13.8. The van der Waals surface area contributed by atoms with Gasteiger partial charge in [-0.25, -0.2) is 9.78 Å². The molecule has 39 heavy (non-hydrogen) atoms. The first kappa shape index (κ1) is 33.2. The van der Waals surface area contributed by atoms with Gasteiger partial charge in [0.05, 0.1) is 6.04 Å². The zero-order chi connectivity index (χ0) is 29.1. The lowest BCUT2D eigenvalue weighted by Crippen LogP contribution is -2.58. The van der Waals surface area contributed by atoms with Crippen LogP contribution in [0.25, 0.3) is 0 Å². The molecule has 1 aliphatic rings. The van der Waals surface area contributed by atoms with Gasteiger partial charge in [-0.15, -0.1) is 11.3 Å². The molecule has 1 aliphatic heterocycles. The van der Waals surface area contributed by atoms with Crippen LogP contribution in [0.1, 0.15) is 114 Å². The molecule has 222 valence electrons. The summed E-state index contributed by atoms with van der Waals surface area (Å²) in [4.78, 5) is 47.0. The quantitative estimate of drug-likeness (QED) is 0.248. The van der Waals surface area contributed by atoms with Crippen molar-refractivity contribution in [2.24, 2.45) is 11.8 Å². The average Bonchev–Trinajstić information content (AvgIpc) is 3.41. The number of thiazole rings is 1.